The Morgan fingerprint density at radius 3 is 2.71 bits per heavy atom. The molecular formula is C15H16N2. The van der Waals surface area contributed by atoms with E-state index in [2.05, 4.69) is 35.3 Å². The molecule has 86 valence electrons. The van der Waals surface area contributed by atoms with Gasteiger partial charge < -0.3 is 5.73 Å². The lowest BCUT2D eigenvalue weighted by Gasteiger charge is -2.05. The van der Waals surface area contributed by atoms with Crippen molar-refractivity contribution in [3.05, 3.63) is 53.2 Å². The molecule has 1 heterocycles. The van der Waals surface area contributed by atoms with E-state index in [-0.39, 0.29) is 0 Å². The fourth-order valence-corrected chi connectivity index (χ4v) is 2.45. The van der Waals surface area contributed by atoms with Crippen molar-refractivity contribution in [2.24, 2.45) is 5.73 Å². The van der Waals surface area contributed by atoms with Crippen LogP contribution < -0.4 is 5.73 Å². The Balaban J connectivity index is 1.97. The summed E-state index contributed by atoms with van der Waals surface area (Å²) >= 11 is 0. The molecule has 17 heavy (non-hydrogen) atoms. The molecule has 1 aliphatic carbocycles. The second-order valence-corrected chi connectivity index (χ2v) is 4.59. The van der Waals surface area contributed by atoms with Gasteiger partial charge in [-0.3, -0.25) is 4.98 Å². The first-order chi connectivity index (χ1) is 8.36. The maximum absolute atomic E-state index is 5.57. The molecular weight excluding hydrogens is 208 g/mol. The highest BCUT2D eigenvalue weighted by Crippen LogP contribution is 2.27. The van der Waals surface area contributed by atoms with Gasteiger partial charge in [-0.05, 0) is 48.1 Å². The van der Waals surface area contributed by atoms with Gasteiger partial charge in [0.1, 0.15) is 0 Å². The Morgan fingerprint density at radius 2 is 1.94 bits per heavy atom. The molecule has 0 saturated heterocycles. The van der Waals surface area contributed by atoms with E-state index in [9.17, 15) is 0 Å². The molecule has 2 nitrogen and oxygen atoms in total. The Labute approximate surface area is 102 Å². The van der Waals surface area contributed by atoms with Gasteiger partial charge >= 0.3 is 0 Å². The highest BCUT2D eigenvalue weighted by atomic mass is 14.7. The molecule has 2 aromatic rings. The van der Waals surface area contributed by atoms with E-state index in [0.717, 1.165) is 11.3 Å². The molecule has 0 bridgehead atoms. The van der Waals surface area contributed by atoms with Crippen LogP contribution in [0.15, 0.2) is 36.5 Å². The highest BCUT2D eigenvalue weighted by molar-refractivity contribution is 5.61. The van der Waals surface area contributed by atoms with E-state index < -0.39 is 0 Å². The van der Waals surface area contributed by atoms with Gasteiger partial charge in [-0.25, -0.2) is 0 Å². The normalized spacial score (nSPS) is 13.7. The summed E-state index contributed by atoms with van der Waals surface area (Å²) in [5.74, 6) is 0. The largest absolute Gasteiger partial charge is 0.326 e. The van der Waals surface area contributed by atoms with Crippen molar-refractivity contribution in [2.75, 3.05) is 0 Å². The first kappa shape index (κ1) is 10.5. The molecule has 1 aliphatic rings. The summed E-state index contributed by atoms with van der Waals surface area (Å²) < 4.78 is 0. The van der Waals surface area contributed by atoms with E-state index in [1.807, 2.05) is 6.20 Å². The zero-order valence-corrected chi connectivity index (χ0v) is 9.82. The molecule has 0 fully saturated rings. The van der Waals surface area contributed by atoms with Crippen LogP contribution in [0.2, 0.25) is 0 Å². The first-order valence-corrected chi connectivity index (χ1v) is 6.14. The van der Waals surface area contributed by atoms with Crippen molar-refractivity contribution >= 4 is 0 Å². The average molecular weight is 224 g/mol. The number of hydrogen-bond acceptors (Lipinski definition) is 2. The highest BCUT2D eigenvalue weighted by Gasteiger charge is 2.11. The molecule has 0 saturated carbocycles. The lowest BCUT2D eigenvalue weighted by Crippen LogP contribution is -1.97. The van der Waals surface area contributed by atoms with Gasteiger partial charge in [0.25, 0.3) is 0 Å². The lowest BCUT2D eigenvalue weighted by atomic mass is 10.0. The van der Waals surface area contributed by atoms with Gasteiger partial charge in [-0.15, -0.1) is 0 Å². The Hall–Kier alpha value is -1.67. The molecule has 2 heteroatoms. The third-order valence-corrected chi connectivity index (χ3v) is 3.45. The second-order valence-electron chi connectivity index (χ2n) is 4.59. The van der Waals surface area contributed by atoms with Gasteiger partial charge in [0.05, 0.1) is 5.69 Å². The summed E-state index contributed by atoms with van der Waals surface area (Å²) in [4.78, 5) is 4.47. The standard InChI is InChI=1S/C15H16N2/c16-9-11-4-7-15(17-10-11)14-6-5-12-2-1-3-13(12)8-14/h4-8,10H,1-3,9,16H2. The third kappa shape index (κ3) is 1.96. The van der Waals surface area contributed by atoms with E-state index in [0.29, 0.717) is 6.54 Å². The SMILES string of the molecule is NCc1ccc(-c2ccc3c(c2)CCC3)nc1. The molecule has 0 spiro atoms. The number of aryl methyl sites for hydroxylation is 2. The van der Waals surface area contributed by atoms with Gasteiger partial charge in [0.2, 0.25) is 0 Å². The zero-order chi connectivity index (χ0) is 11.7. The van der Waals surface area contributed by atoms with Crippen LogP contribution in [0.4, 0.5) is 0 Å². The Bertz CT molecular complexity index is 529. The topological polar surface area (TPSA) is 38.9 Å². The number of nitrogens with zero attached hydrogens (tertiary/aromatic N) is 1. The number of fused-ring (bicyclic) bond motifs is 1. The third-order valence-electron chi connectivity index (χ3n) is 3.45. The van der Waals surface area contributed by atoms with Crippen LogP contribution in [0.3, 0.4) is 0 Å². The maximum Gasteiger partial charge on any atom is 0.0702 e. The van der Waals surface area contributed by atoms with E-state index in [1.54, 1.807) is 0 Å². The number of nitrogens with two attached hydrogens (primary N) is 1. The van der Waals surface area contributed by atoms with Crippen molar-refractivity contribution in [3.8, 4) is 11.3 Å². The minimum atomic E-state index is 0.553. The zero-order valence-electron chi connectivity index (χ0n) is 9.82. The number of hydrogen-bond donors (Lipinski definition) is 1. The fraction of sp³-hybridized carbons (Fsp3) is 0.267. The second kappa shape index (κ2) is 4.30. The first-order valence-electron chi connectivity index (χ1n) is 6.14. The van der Waals surface area contributed by atoms with Crippen molar-refractivity contribution in [1.29, 1.82) is 0 Å². The molecule has 2 N–H and O–H groups in total. The van der Waals surface area contributed by atoms with Gasteiger partial charge in [-0.2, -0.15) is 0 Å². The summed E-state index contributed by atoms with van der Waals surface area (Å²) in [6, 6.07) is 10.8. The predicted molar refractivity (Wildman–Crippen MR) is 69.6 cm³/mol. The molecule has 0 atom stereocenters. The van der Waals surface area contributed by atoms with Crippen LogP contribution in [-0.2, 0) is 19.4 Å². The quantitative estimate of drug-likeness (QED) is 0.851. The van der Waals surface area contributed by atoms with Crippen molar-refractivity contribution in [3.63, 3.8) is 0 Å². The summed E-state index contributed by atoms with van der Waals surface area (Å²) in [5.41, 5.74) is 11.9. The van der Waals surface area contributed by atoms with Crippen LogP contribution in [0, 0.1) is 0 Å². The molecule has 3 rings (SSSR count). The van der Waals surface area contributed by atoms with Crippen LogP contribution >= 0.6 is 0 Å². The van der Waals surface area contributed by atoms with Gasteiger partial charge in [0.15, 0.2) is 0 Å². The Morgan fingerprint density at radius 1 is 1.06 bits per heavy atom. The summed E-state index contributed by atoms with van der Waals surface area (Å²) in [6.45, 7) is 0.553. The van der Waals surface area contributed by atoms with Crippen LogP contribution in [0.1, 0.15) is 23.1 Å². The maximum atomic E-state index is 5.57. The van der Waals surface area contributed by atoms with E-state index in [4.69, 9.17) is 5.73 Å². The fourth-order valence-electron chi connectivity index (χ4n) is 2.45. The number of benzene rings is 1. The molecule has 0 aliphatic heterocycles. The number of rotatable bonds is 2. The lowest BCUT2D eigenvalue weighted by molar-refractivity contribution is 0.912. The molecule has 1 aromatic heterocycles. The minimum absolute atomic E-state index is 0.553. The Kier molecular flexibility index (Phi) is 2.65. The van der Waals surface area contributed by atoms with Crippen molar-refractivity contribution in [2.45, 2.75) is 25.8 Å². The predicted octanol–water partition coefficient (Wildman–Crippen LogP) is 2.70. The van der Waals surface area contributed by atoms with Crippen LogP contribution in [0.5, 0.6) is 0 Å². The summed E-state index contributed by atoms with van der Waals surface area (Å²) in [6.07, 6.45) is 5.60. The molecule has 0 radical (unpaired) electrons. The van der Waals surface area contributed by atoms with Crippen LogP contribution in [-0.4, -0.2) is 4.98 Å². The van der Waals surface area contributed by atoms with Crippen LogP contribution in [0.25, 0.3) is 11.3 Å². The monoisotopic (exact) mass is 224 g/mol. The van der Waals surface area contributed by atoms with Crippen molar-refractivity contribution < 1.29 is 0 Å². The van der Waals surface area contributed by atoms with Gasteiger partial charge in [-0.1, -0.05) is 18.2 Å². The minimum Gasteiger partial charge on any atom is -0.326 e. The van der Waals surface area contributed by atoms with Crippen molar-refractivity contribution in [1.82, 2.24) is 4.98 Å². The molecule has 0 amide bonds. The summed E-state index contributed by atoms with van der Waals surface area (Å²) in [7, 11) is 0. The molecule has 1 aromatic carbocycles. The smallest absolute Gasteiger partial charge is 0.0702 e. The van der Waals surface area contributed by atoms with E-state index in [1.165, 1.54) is 36.0 Å². The molecule has 0 unspecified atom stereocenters. The van der Waals surface area contributed by atoms with E-state index >= 15 is 0 Å². The number of aromatic nitrogens is 1. The number of pyridine rings is 1. The average Bonchev–Trinajstić information content (AvgIpc) is 2.86. The van der Waals surface area contributed by atoms with Gasteiger partial charge in [0, 0.05) is 18.3 Å². The summed E-state index contributed by atoms with van der Waals surface area (Å²) in [5, 5.41) is 0.